The zero-order chi connectivity index (χ0) is 13.2. The Morgan fingerprint density at radius 1 is 1.47 bits per heavy atom. The van der Waals surface area contributed by atoms with Gasteiger partial charge in [0.2, 0.25) is 0 Å². The first-order chi connectivity index (χ1) is 9.28. The number of rotatable bonds is 5. The molecular weight excluding hydrogens is 256 g/mol. The zero-order valence-corrected chi connectivity index (χ0v) is 11.9. The van der Waals surface area contributed by atoms with Gasteiger partial charge >= 0.3 is 0 Å². The van der Waals surface area contributed by atoms with Crippen molar-refractivity contribution in [3.63, 3.8) is 0 Å². The molecule has 0 aliphatic heterocycles. The molecule has 2 heterocycles. The fourth-order valence-corrected chi connectivity index (χ4v) is 3.03. The number of hydrogen-bond donors (Lipinski definition) is 1. The molecule has 2 aromatic rings. The Bertz CT molecular complexity index is 549. The van der Waals surface area contributed by atoms with Crippen LogP contribution in [0.25, 0.3) is 0 Å². The van der Waals surface area contributed by atoms with Gasteiger partial charge in [0.1, 0.15) is 0 Å². The fraction of sp³-hybridized carbons (Fsp3) is 0.400. The number of aliphatic hydroxyl groups excluding tert-OH is 1. The summed E-state index contributed by atoms with van der Waals surface area (Å²) in [5.74, 6) is 0. The summed E-state index contributed by atoms with van der Waals surface area (Å²) in [5.41, 5.74) is 3.07. The van der Waals surface area contributed by atoms with Crippen LogP contribution in [0, 0.1) is 6.92 Å². The van der Waals surface area contributed by atoms with Crippen LogP contribution in [0.1, 0.15) is 29.0 Å². The molecule has 0 spiro atoms. The first kappa shape index (κ1) is 12.6. The van der Waals surface area contributed by atoms with E-state index >= 15 is 0 Å². The second-order valence-corrected chi connectivity index (χ2v) is 6.08. The first-order valence-electron chi connectivity index (χ1n) is 6.63. The highest BCUT2D eigenvalue weighted by Crippen LogP contribution is 2.35. The number of aromatic nitrogens is 1. The van der Waals surface area contributed by atoms with Gasteiger partial charge in [-0.2, -0.15) is 0 Å². The number of pyridine rings is 1. The molecule has 2 aromatic heterocycles. The van der Waals surface area contributed by atoms with E-state index in [1.165, 1.54) is 17.7 Å². The Morgan fingerprint density at radius 2 is 2.32 bits per heavy atom. The lowest BCUT2D eigenvalue weighted by molar-refractivity contribution is 0.281. The molecule has 1 aliphatic rings. The first-order valence-corrected chi connectivity index (χ1v) is 7.51. The van der Waals surface area contributed by atoms with Gasteiger partial charge in [-0.1, -0.05) is 6.07 Å². The van der Waals surface area contributed by atoms with Crippen LogP contribution in [-0.2, 0) is 13.2 Å². The molecule has 3 nitrogen and oxygen atoms in total. The molecule has 4 heteroatoms. The van der Waals surface area contributed by atoms with Crippen molar-refractivity contribution in [3.05, 3.63) is 45.9 Å². The van der Waals surface area contributed by atoms with E-state index < -0.39 is 0 Å². The molecule has 0 atom stereocenters. The van der Waals surface area contributed by atoms with E-state index in [1.807, 2.05) is 6.92 Å². The third-order valence-corrected chi connectivity index (χ3v) is 4.33. The normalized spacial score (nSPS) is 14.6. The maximum absolute atomic E-state index is 9.52. The van der Waals surface area contributed by atoms with Gasteiger partial charge in [-0.05, 0) is 37.3 Å². The zero-order valence-electron chi connectivity index (χ0n) is 11.0. The Hall–Kier alpha value is -1.39. The summed E-state index contributed by atoms with van der Waals surface area (Å²) >= 11 is 1.79. The van der Waals surface area contributed by atoms with Gasteiger partial charge in [0.05, 0.1) is 13.2 Å². The van der Waals surface area contributed by atoms with Crippen LogP contribution in [-0.4, -0.2) is 16.1 Å². The summed E-state index contributed by atoms with van der Waals surface area (Å²) in [5, 5.41) is 11.6. The van der Waals surface area contributed by atoms with Crippen molar-refractivity contribution in [2.45, 2.75) is 39.0 Å². The minimum Gasteiger partial charge on any atom is -0.392 e. The molecule has 0 aromatic carbocycles. The van der Waals surface area contributed by atoms with Crippen molar-refractivity contribution in [1.29, 1.82) is 0 Å². The van der Waals surface area contributed by atoms with Crippen LogP contribution in [0.3, 0.4) is 0 Å². The smallest absolute Gasteiger partial charge is 0.0717 e. The minimum absolute atomic E-state index is 0.0519. The van der Waals surface area contributed by atoms with Crippen LogP contribution in [0.2, 0.25) is 0 Å². The van der Waals surface area contributed by atoms with E-state index in [4.69, 9.17) is 0 Å². The highest BCUT2D eigenvalue weighted by atomic mass is 32.1. The minimum atomic E-state index is 0.0519. The molecule has 100 valence electrons. The van der Waals surface area contributed by atoms with Crippen molar-refractivity contribution in [2.24, 2.45) is 0 Å². The van der Waals surface area contributed by atoms with Crippen molar-refractivity contribution < 1.29 is 5.11 Å². The van der Waals surface area contributed by atoms with E-state index in [0.29, 0.717) is 6.04 Å². The van der Waals surface area contributed by atoms with Gasteiger partial charge < -0.3 is 10.0 Å². The Morgan fingerprint density at radius 3 is 2.95 bits per heavy atom. The van der Waals surface area contributed by atoms with Gasteiger partial charge in [0.15, 0.2) is 0 Å². The van der Waals surface area contributed by atoms with Crippen LogP contribution >= 0.6 is 11.3 Å². The van der Waals surface area contributed by atoms with Crippen LogP contribution in [0.4, 0.5) is 5.69 Å². The molecule has 0 saturated heterocycles. The predicted octanol–water partition coefficient (Wildman–Crippen LogP) is 3.11. The molecule has 0 bridgehead atoms. The molecule has 0 amide bonds. The standard InChI is InChI=1S/C15H18N2OS/c1-11-7-15(12(10-18)8-16-11)17(13-4-5-13)9-14-3-2-6-19-14/h2-3,6-8,13,18H,4-5,9-10H2,1H3. The van der Waals surface area contributed by atoms with E-state index in [1.54, 1.807) is 17.5 Å². The van der Waals surface area contributed by atoms with Crippen LogP contribution in [0.15, 0.2) is 29.8 Å². The van der Waals surface area contributed by atoms with Gasteiger partial charge in [0, 0.05) is 34.1 Å². The maximum atomic E-state index is 9.52. The number of thiophene rings is 1. The number of nitrogens with zero attached hydrogens (tertiary/aromatic N) is 2. The third-order valence-electron chi connectivity index (χ3n) is 3.47. The van der Waals surface area contributed by atoms with Crippen LogP contribution < -0.4 is 4.90 Å². The fourth-order valence-electron chi connectivity index (χ4n) is 2.33. The van der Waals surface area contributed by atoms with Gasteiger partial charge in [-0.25, -0.2) is 0 Å². The molecule has 19 heavy (non-hydrogen) atoms. The SMILES string of the molecule is Cc1cc(N(Cc2cccs2)C2CC2)c(CO)cn1. The Balaban J connectivity index is 1.93. The lowest BCUT2D eigenvalue weighted by Gasteiger charge is -2.26. The topological polar surface area (TPSA) is 36.4 Å². The average Bonchev–Trinajstić information content (AvgIpc) is 3.13. The van der Waals surface area contributed by atoms with Crippen molar-refractivity contribution in [2.75, 3.05) is 4.90 Å². The molecule has 1 saturated carbocycles. The number of aliphatic hydroxyl groups is 1. The molecule has 0 radical (unpaired) electrons. The number of aryl methyl sites for hydroxylation is 1. The molecular formula is C15H18N2OS. The predicted molar refractivity (Wildman–Crippen MR) is 78.4 cm³/mol. The number of hydrogen-bond acceptors (Lipinski definition) is 4. The summed E-state index contributed by atoms with van der Waals surface area (Å²) in [6, 6.07) is 6.98. The molecule has 1 aliphatic carbocycles. The molecule has 1 N–H and O–H groups in total. The Kier molecular flexibility index (Phi) is 3.53. The molecule has 0 unspecified atom stereocenters. The van der Waals surface area contributed by atoms with Gasteiger partial charge in [0.25, 0.3) is 0 Å². The maximum Gasteiger partial charge on any atom is 0.0717 e. The second-order valence-electron chi connectivity index (χ2n) is 5.05. The summed E-state index contributed by atoms with van der Waals surface area (Å²) < 4.78 is 0. The highest BCUT2D eigenvalue weighted by molar-refractivity contribution is 7.09. The van der Waals surface area contributed by atoms with E-state index in [-0.39, 0.29) is 6.61 Å². The van der Waals surface area contributed by atoms with Gasteiger partial charge in [-0.3, -0.25) is 4.98 Å². The monoisotopic (exact) mass is 274 g/mol. The Labute approximate surface area is 117 Å². The lowest BCUT2D eigenvalue weighted by Crippen LogP contribution is -2.26. The van der Waals surface area contributed by atoms with Gasteiger partial charge in [-0.15, -0.1) is 11.3 Å². The van der Waals surface area contributed by atoms with Crippen molar-refractivity contribution >= 4 is 17.0 Å². The third kappa shape index (κ3) is 2.80. The average molecular weight is 274 g/mol. The van der Waals surface area contributed by atoms with E-state index in [9.17, 15) is 5.11 Å². The summed E-state index contributed by atoms with van der Waals surface area (Å²) in [7, 11) is 0. The summed E-state index contributed by atoms with van der Waals surface area (Å²) in [6.45, 7) is 2.98. The molecule has 1 fully saturated rings. The summed E-state index contributed by atoms with van der Waals surface area (Å²) in [4.78, 5) is 8.07. The van der Waals surface area contributed by atoms with E-state index in [0.717, 1.165) is 23.5 Å². The largest absolute Gasteiger partial charge is 0.392 e. The second kappa shape index (κ2) is 5.31. The lowest BCUT2D eigenvalue weighted by atomic mass is 10.2. The van der Waals surface area contributed by atoms with E-state index in [2.05, 4.69) is 33.5 Å². The van der Waals surface area contributed by atoms with Crippen molar-refractivity contribution in [1.82, 2.24) is 4.98 Å². The highest BCUT2D eigenvalue weighted by Gasteiger charge is 2.30. The number of anilines is 1. The quantitative estimate of drug-likeness (QED) is 0.910. The van der Waals surface area contributed by atoms with Crippen LogP contribution in [0.5, 0.6) is 0 Å². The molecule has 3 rings (SSSR count). The summed E-state index contributed by atoms with van der Waals surface area (Å²) in [6.07, 6.45) is 4.30. The van der Waals surface area contributed by atoms with Crippen molar-refractivity contribution in [3.8, 4) is 0 Å².